The lowest BCUT2D eigenvalue weighted by atomic mass is 10.3. The van der Waals surface area contributed by atoms with Gasteiger partial charge >= 0.3 is 0 Å². The number of amides is 1. The molecule has 0 bridgehead atoms. The van der Waals surface area contributed by atoms with Gasteiger partial charge in [0.1, 0.15) is 16.9 Å². The first-order valence-corrected chi connectivity index (χ1v) is 9.56. The molecule has 1 unspecified atom stereocenters. The van der Waals surface area contributed by atoms with Crippen LogP contribution in [0.5, 0.6) is 0 Å². The minimum Gasteiger partial charge on any atom is -0.309 e. The summed E-state index contributed by atoms with van der Waals surface area (Å²) in [6.07, 6.45) is 2.43. The van der Waals surface area contributed by atoms with E-state index in [1.165, 1.54) is 16.0 Å². The minimum atomic E-state index is -0.699. The molecule has 1 atom stereocenters. The Kier molecular flexibility index (Phi) is 4.37. The summed E-state index contributed by atoms with van der Waals surface area (Å²) in [5.74, 6) is 0.344. The van der Waals surface area contributed by atoms with Crippen LogP contribution >= 0.6 is 22.9 Å². The third kappa shape index (κ3) is 3.06. The van der Waals surface area contributed by atoms with Gasteiger partial charge in [-0.3, -0.25) is 14.6 Å². The number of aromatic amines is 1. The van der Waals surface area contributed by atoms with Crippen molar-refractivity contribution in [2.24, 2.45) is 0 Å². The van der Waals surface area contributed by atoms with Gasteiger partial charge in [-0.25, -0.2) is 4.98 Å². The van der Waals surface area contributed by atoms with E-state index in [0.29, 0.717) is 11.5 Å². The van der Waals surface area contributed by atoms with Crippen LogP contribution in [0.2, 0.25) is 0 Å². The lowest BCUT2D eigenvalue weighted by Gasteiger charge is -2.09. The number of hydrogen-bond acceptors (Lipinski definition) is 5. The molecule has 134 valence electrons. The summed E-state index contributed by atoms with van der Waals surface area (Å²) in [7, 11) is 0. The zero-order chi connectivity index (χ0) is 18.3. The average Bonchev–Trinajstić information content (AvgIpc) is 3.34. The third-order valence-corrected chi connectivity index (χ3v) is 5.32. The van der Waals surface area contributed by atoms with E-state index >= 15 is 0 Å². The highest BCUT2D eigenvalue weighted by Crippen LogP contribution is 2.28. The molecule has 1 amide bonds. The van der Waals surface area contributed by atoms with Crippen molar-refractivity contribution in [1.29, 1.82) is 0 Å². The van der Waals surface area contributed by atoms with E-state index in [2.05, 4.69) is 20.4 Å². The number of carbonyl (C=O) groups is 1. The second kappa shape index (κ2) is 6.69. The topological polar surface area (TPSA) is 92.7 Å². The molecule has 0 aromatic carbocycles. The van der Waals surface area contributed by atoms with Crippen LogP contribution in [0, 0.1) is 0 Å². The fourth-order valence-corrected chi connectivity index (χ4v) is 3.67. The molecule has 0 aliphatic heterocycles. The van der Waals surface area contributed by atoms with E-state index in [1.54, 1.807) is 13.0 Å². The number of nitrogens with zero attached hydrogens (tertiary/aromatic N) is 3. The molecule has 9 heteroatoms. The van der Waals surface area contributed by atoms with Crippen LogP contribution < -0.4 is 10.9 Å². The Bertz CT molecular complexity index is 1020. The maximum absolute atomic E-state index is 12.3. The lowest BCUT2D eigenvalue weighted by molar-refractivity contribution is -0.115. The monoisotopic (exact) mass is 389 g/mol. The van der Waals surface area contributed by atoms with Crippen LogP contribution in [-0.2, 0) is 17.6 Å². The molecule has 0 fully saturated rings. The molecule has 7 nitrogen and oxygen atoms in total. The number of aromatic nitrogens is 4. The Morgan fingerprint density at radius 3 is 3.04 bits per heavy atom. The van der Waals surface area contributed by atoms with Crippen LogP contribution in [0.1, 0.15) is 24.6 Å². The van der Waals surface area contributed by atoms with Crippen LogP contribution in [0.4, 0.5) is 5.82 Å². The van der Waals surface area contributed by atoms with E-state index in [9.17, 15) is 9.59 Å². The average molecular weight is 390 g/mol. The number of thiophene rings is 1. The fraction of sp³-hybridized carbons (Fsp3) is 0.294. The third-order valence-electron chi connectivity index (χ3n) is 4.23. The second-order valence-electron chi connectivity index (χ2n) is 6.08. The highest BCUT2D eigenvalue weighted by molar-refractivity contribution is 7.13. The maximum Gasteiger partial charge on any atom is 0.255 e. The Hall–Kier alpha value is -2.45. The number of halogens is 1. The SMILES string of the molecule is CC(Cl)C(=O)Nc1cc(-c2cccs2)nn1-c1nc2c(c(=O)[nH]1)CCC2. The van der Waals surface area contributed by atoms with Crippen molar-refractivity contribution >= 4 is 34.7 Å². The van der Waals surface area contributed by atoms with E-state index < -0.39 is 5.38 Å². The Morgan fingerprint density at radius 2 is 2.31 bits per heavy atom. The quantitative estimate of drug-likeness (QED) is 0.671. The van der Waals surface area contributed by atoms with Gasteiger partial charge in [-0.1, -0.05) is 6.07 Å². The molecular formula is C17H16ClN5O2S. The van der Waals surface area contributed by atoms with E-state index in [4.69, 9.17) is 11.6 Å². The predicted molar refractivity (Wildman–Crippen MR) is 101 cm³/mol. The molecular weight excluding hydrogens is 374 g/mol. The van der Waals surface area contributed by atoms with Crippen molar-refractivity contribution in [3.05, 3.63) is 45.2 Å². The number of rotatable bonds is 4. The first-order valence-electron chi connectivity index (χ1n) is 8.24. The summed E-state index contributed by atoms with van der Waals surface area (Å²) in [6.45, 7) is 1.59. The van der Waals surface area contributed by atoms with Gasteiger partial charge in [0, 0.05) is 11.6 Å². The van der Waals surface area contributed by atoms with Crippen molar-refractivity contribution in [3.63, 3.8) is 0 Å². The van der Waals surface area contributed by atoms with Crippen molar-refractivity contribution in [1.82, 2.24) is 19.7 Å². The van der Waals surface area contributed by atoms with Crippen molar-refractivity contribution in [2.45, 2.75) is 31.6 Å². The van der Waals surface area contributed by atoms with E-state index in [0.717, 1.165) is 35.4 Å². The van der Waals surface area contributed by atoms with Gasteiger partial charge < -0.3 is 5.32 Å². The number of anilines is 1. The largest absolute Gasteiger partial charge is 0.309 e. The van der Waals surface area contributed by atoms with Gasteiger partial charge in [-0.05, 0) is 37.6 Å². The Labute approximate surface area is 158 Å². The number of alkyl halides is 1. The summed E-state index contributed by atoms with van der Waals surface area (Å²) in [4.78, 5) is 32.7. The summed E-state index contributed by atoms with van der Waals surface area (Å²) >= 11 is 7.41. The molecule has 3 aromatic rings. The first kappa shape index (κ1) is 17.0. The van der Waals surface area contributed by atoms with Crippen LogP contribution in [0.15, 0.2) is 28.4 Å². The molecule has 3 heterocycles. The molecule has 1 aliphatic carbocycles. The molecule has 26 heavy (non-hydrogen) atoms. The standard InChI is InChI=1S/C17H16ClN5O2S/c1-9(18)15(24)20-14-8-12(13-6-3-7-26-13)22-23(14)17-19-11-5-2-4-10(11)16(25)21-17/h3,6-9H,2,4-5H2,1H3,(H,20,24)(H,19,21,25). The first-order chi connectivity index (χ1) is 12.5. The fourth-order valence-electron chi connectivity index (χ4n) is 2.93. The Balaban J connectivity index is 1.82. The summed E-state index contributed by atoms with van der Waals surface area (Å²) < 4.78 is 1.45. The van der Waals surface area contributed by atoms with Gasteiger partial charge in [-0.2, -0.15) is 9.78 Å². The van der Waals surface area contributed by atoms with Gasteiger partial charge in [0.25, 0.3) is 5.56 Å². The number of fused-ring (bicyclic) bond motifs is 1. The van der Waals surface area contributed by atoms with Gasteiger partial charge in [-0.15, -0.1) is 22.9 Å². The predicted octanol–water partition coefficient (Wildman–Crippen LogP) is 2.74. The number of hydrogen-bond donors (Lipinski definition) is 2. The minimum absolute atomic E-state index is 0.154. The van der Waals surface area contributed by atoms with Gasteiger partial charge in [0.15, 0.2) is 0 Å². The van der Waals surface area contributed by atoms with Crippen molar-refractivity contribution < 1.29 is 4.79 Å². The second-order valence-corrected chi connectivity index (χ2v) is 7.68. The molecule has 0 saturated heterocycles. The summed E-state index contributed by atoms with van der Waals surface area (Å²) in [5.41, 5.74) is 2.05. The molecule has 4 rings (SSSR count). The zero-order valence-electron chi connectivity index (χ0n) is 14.0. The van der Waals surface area contributed by atoms with Crippen LogP contribution in [0.3, 0.4) is 0 Å². The highest BCUT2D eigenvalue weighted by atomic mass is 35.5. The number of aryl methyl sites for hydroxylation is 1. The summed E-state index contributed by atoms with van der Waals surface area (Å²) in [5, 5.41) is 8.54. The van der Waals surface area contributed by atoms with Gasteiger partial charge in [0.2, 0.25) is 11.9 Å². The van der Waals surface area contributed by atoms with Crippen LogP contribution in [0.25, 0.3) is 16.5 Å². The Morgan fingerprint density at radius 1 is 1.46 bits per heavy atom. The lowest BCUT2D eigenvalue weighted by Crippen LogP contribution is -2.24. The van der Waals surface area contributed by atoms with Crippen LogP contribution in [-0.4, -0.2) is 31.0 Å². The molecule has 2 N–H and O–H groups in total. The number of nitrogens with one attached hydrogen (secondary N) is 2. The number of carbonyl (C=O) groups excluding carboxylic acids is 1. The molecule has 0 saturated carbocycles. The molecule has 0 spiro atoms. The molecule has 3 aromatic heterocycles. The smallest absolute Gasteiger partial charge is 0.255 e. The highest BCUT2D eigenvalue weighted by Gasteiger charge is 2.21. The molecule has 0 radical (unpaired) electrons. The molecule has 1 aliphatic rings. The van der Waals surface area contributed by atoms with Gasteiger partial charge in [0.05, 0.1) is 10.6 Å². The zero-order valence-corrected chi connectivity index (χ0v) is 15.5. The summed E-state index contributed by atoms with van der Waals surface area (Å²) in [6, 6.07) is 5.61. The maximum atomic E-state index is 12.3. The van der Waals surface area contributed by atoms with E-state index in [1.807, 2.05) is 17.5 Å². The van der Waals surface area contributed by atoms with Crippen molar-refractivity contribution in [2.75, 3.05) is 5.32 Å². The number of H-pyrrole nitrogens is 1. The normalized spacial score (nSPS) is 14.2. The van der Waals surface area contributed by atoms with E-state index in [-0.39, 0.29) is 17.4 Å². The van der Waals surface area contributed by atoms with Crippen molar-refractivity contribution in [3.8, 4) is 16.5 Å².